The SMILES string of the molecule is NNC(c1cccc(Cl)c1)c1cc(Br)ccc1N. The van der Waals surface area contributed by atoms with Crippen LogP contribution in [0.15, 0.2) is 46.9 Å². The molecule has 0 bridgehead atoms. The zero-order valence-corrected chi connectivity index (χ0v) is 11.9. The van der Waals surface area contributed by atoms with Crippen LogP contribution in [-0.4, -0.2) is 0 Å². The summed E-state index contributed by atoms with van der Waals surface area (Å²) in [6.07, 6.45) is 0. The number of nitrogen functional groups attached to an aromatic ring is 1. The van der Waals surface area contributed by atoms with Crippen LogP contribution >= 0.6 is 27.5 Å². The molecule has 0 aliphatic heterocycles. The first-order chi connectivity index (χ1) is 8.61. The van der Waals surface area contributed by atoms with E-state index in [-0.39, 0.29) is 6.04 Å². The van der Waals surface area contributed by atoms with Gasteiger partial charge in [-0.2, -0.15) is 0 Å². The van der Waals surface area contributed by atoms with E-state index in [0.29, 0.717) is 10.7 Å². The second-order valence-corrected chi connectivity index (χ2v) is 5.28. The van der Waals surface area contributed by atoms with Gasteiger partial charge in [0.05, 0.1) is 6.04 Å². The quantitative estimate of drug-likeness (QED) is 0.461. The molecule has 2 aromatic carbocycles. The Kier molecular flexibility index (Phi) is 4.24. The van der Waals surface area contributed by atoms with Crippen molar-refractivity contribution in [3.63, 3.8) is 0 Å². The third-order valence-corrected chi connectivity index (χ3v) is 3.44. The Morgan fingerprint density at radius 1 is 1.17 bits per heavy atom. The van der Waals surface area contributed by atoms with Gasteiger partial charge in [0.25, 0.3) is 0 Å². The van der Waals surface area contributed by atoms with Crippen LogP contribution in [0.1, 0.15) is 17.2 Å². The zero-order chi connectivity index (χ0) is 13.1. The van der Waals surface area contributed by atoms with Crippen LogP contribution in [0.5, 0.6) is 0 Å². The van der Waals surface area contributed by atoms with Gasteiger partial charge in [-0.3, -0.25) is 5.84 Å². The summed E-state index contributed by atoms with van der Waals surface area (Å²) in [7, 11) is 0. The molecule has 18 heavy (non-hydrogen) atoms. The maximum Gasteiger partial charge on any atom is 0.0730 e. The summed E-state index contributed by atoms with van der Waals surface area (Å²) in [5.41, 5.74) is 11.3. The van der Waals surface area contributed by atoms with Crippen molar-refractivity contribution < 1.29 is 0 Å². The fourth-order valence-electron chi connectivity index (χ4n) is 1.85. The number of anilines is 1. The Bertz CT molecular complexity index is 560. The second-order valence-electron chi connectivity index (χ2n) is 3.93. The van der Waals surface area contributed by atoms with E-state index in [2.05, 4.69) is 21.4 Å². The molecule has 2 aromatic rings. The molecule has 0 radical (unpaired) electrons. The molecule has 2 rings (SSSR count). The molecule has 0 heterocycles. The predicted octanol–water partition coefficient (Wildman–Crippen LogP) is 3.24. The summed E-state index contributed by atoms with van der Waals surface area (Å²) in [6.45, 7) is 0. The fourth-order valence-corrected chi connectivity index (χ4v) is 2.42. The minimum Gasteiger partial charge on any atom is -0.398 e. The molecule has 0 fully saturated rings. The Labute approximate surface area is 119 Å². The number of hydrogen-bond donors (Lipinski definition) is 3. The van der Waals surface area contributed by atoms with Gasteiger partial charge in [0.2, 0.25) is 0 Å². The largest absolute Gasteiger partial charge is 0.398 e. The van der Waals surface area contributed by atoms with E-state index in [1.54, 1.807) is 0 Å². The highest BCUT2D eigenvalue weighted by Gasteiger charge is 2.15. The van der Waals surface area contributed by atoms with Gasteiger partial charge < -0.3 is 5.73 Å². The van der Waals surface area contributed by atoms with Crippen LogP contribution < -0.4 is 17.0 Å². The summed E-state index contributed by atoms with van der Waals surface area (Å²) in [5, 5.41) is 0.668. The first-order valence-corrected chi connectivity index (χ1v) is 6.55. The first kappa shape index (κ1) is 13.4. The van der Waals surface area contributed by atoms with Gasteiger partial charge in [-0.25, -0.2) is 5.43 Å². The Balaban J connectivity index is 2.48. The number of nitrogens with two attached hydrogens (primary N) is 2. The molecule has 1 atom stereocenters. The minimum absolute atomic E-state index is 0.193. The zero-order valence-electron chi connectivity index (χ0n) is 9.53. The van der Waals surface area contributed by atoms with Crippen molar-refractivity contribution in [2.45, 2.75) is 6.04 Å². The lowest BCUT2D eigenvalue weighted by molar-refractivity contribution is 0.638. The topological polar surface area (TPSA) is 64.1 Å². The van der Waals surface area contributed by atoms with Crippen molar-refractivity contribution in [3.8, 4) is 0 Å². The summed E-state index contributed by atoms with van der Waals surface area (Å²) in [4.78, 5) is 0. The van der Waals surface area contributed by atoms with E-state index < -0.39 is 0 Å². The molecule has 0 aromatic heterocycles. The molecule has 5 heteroatoms. The van der Waals surface area contributed by atoms with Crippen LogP contribution in [0.3, 0.4) is 0 Å². The monoisotopic (exact) mass is 325 g/mol. The molecule has 0 saturated carbocycles. The van der Waals surface area contributed by atoms with E-state index in [1.807, 2.05) is 42.5 Å². The minimum atomic E-state index is -0.193. The van der Waals surface area contributed by atoms with Gasteiger partial charge in [0, 0.05) is 15.2 Å². The molecular formula is C13H13BrClN3. The third kappa shape index (κ3) is 2.84. The summed E-state index contributed by atoms with van der Waals surface area (Å²) in [5.74, 6) is 5.64. The number of hydrazine groups is 1. The van der Waals surface area contributed by atoms with Crippen LogP contribution in [-0.2, 0) is 0 Å². The number of benzene rings is 2. The van der Waals surface area contributed by atoms with Crippen molar-refractivity contribution in [2.75, 3.05) is 5.73 Å². The van der Waals surface area contributed by atoms with Gasteiger partial charge in [0.15, 0.2) is 0 Å². The molecule has 0 aliphatic carbocycles. The van der Waals surface area contributed by atoms with Crippen LogP contribution in [0, 0.1) is 0 Å². The second kappa shape index (κ2) is 5.71. The highest BCUT2D eigenvalue weighted by Crippen LogP contribution is 2.29. The molecule has 0 saturated heterocycles. The van der Waals surface area contributed by atoms with E-state index in [4.69, 9.17) is 23.2 Å². The summed E-state index contributed by atoms with van der Waals surface area (Å²) in [6, 6.07) is 13.0. The number of nitrogens with one attached hydrogen (secondary N) is 1. The standard InChI is InChI=1S/C13H13BrClN3/c14-9-4-5-12(16)11(7-9)13(18-17)8-2-1-3-10(15)6-8/h1-7,13,18H,16-17H2. The van der Waals surface area contributed by atoms with Gasteiger partial charge in [-0.05, 0) is 41.5 Å². The molecule has 3 nitrogen and oxygen atoms in total. The molecular weight excluding hydrogens is 314 g/mol. The predicted molar refractivity (Wildman–Crippen MR) is 79.2 cm³/mol. The number of rotatable bonds is 3. The van der Waals surface area contributed by atoms with E-state index in [9.17, 15) is 0 Å². The Morgan fingerprint density at radius 3 is 2.61 bits per heavy atom. The normalized spacial score (nSPS) is 12.4. The number of hydrogen-bond acceptors (Lipinski definition) is 3. The smallest absolute Gasteiger partial charge is 0.0730 e. The van der Waals surface area contributed by atoms with Crippen molar-refractivity contribution in [1.82, 2.24) is 5.43 Å². The Morgan fingerprint density at radius 2 is 1.94 bits per heavy atom. The Hall–Kier alpha value is -1.07. The van der Waals surface area contributed by atoms with Crippen LogP contribution in [0.4, 0.5) is 5.69 Å². The highest BCUT2D eigenvalue weighted by molar-refractivity contribution is 9.10. The molecule has 5 N–H and O–H groups in total. The van der Waals surface area contributed by atoms with Crippen molar-refractivity contribution in [3.05, 3.63) is 63.1 Å². The maximum atomic E-state index is 6.00. The van der Waals surface area contributed by atoms with Crippen LogP contribution in [0.2, 0.25) is 5.02 Å². The summed E-state index contributed by atoms with van der Waals surface area (Å²) >= 11 is 9.43. The van der Waals surface area contributed by atoms with E-state index in [1.165, 1.54) is 0 Å². The lowest BCUT2D eigenvalue weighted by Gasteiger charge is -2.19. The maximum absolute atomic E-state index is 6.00. The van der Waals surface area contributed by atoms with Gasteiger partial charge in [0.1, 0.15) is 0 Å². The fraction of sp³-hybridized carbons (Fsp3) is 0.0769. The third-order valence-electron chi connectivity index (χ3n) is 2.71. The average molecular weight is 327 g/mol. The highest BCUT2D eigenvalue weighted by atomic mass is 79.9. The first-order valence-electron chi connectivity index (χ1n) is 5.38. The van der Waals surface area contributed by atoms with Crippen LogP contribution in [0.25, 0.3) is 0 Å². The molecule has 94 valence electrons. The van der Waals surface area contributed by atoms with Gasteiger partial charge in [-0.15, -0.1) is 0 Å². The van der Waals surface area contributed by atoms with E-state index in [0.717, 1.165) is 15.6 Å². The van der Waals surface area contributed by atoms with Gasteiger partial charge in [-0.1, -0.05) is 39.7 Å². The lowest BCUT2D eigenvalue weighted by atomic mass is 9.98. The van der Waals surface area contributed by atoms with E-state index >= 15 is 0 Å². The molecule has 0 spiro atoms. The lowest BCUT2D eigenvalue weighted by Crippen LogP contribution is -2.29. The van der Waals surface area contributed by atoms with Crippen molar-refractivity contribution in [2.24, 2.45) is 5.84 Å². The molecule has 1 unspecified atom stereocenters. The van der Waals surface area contributed by atoms with Crippen molar-refractivity contribution in [1.29, 1.82) is 0 Å². The number of halogens is 2. The average Bonchev–Trinajstić information content (AvgIpc) is 2.35. The molecule has 0 amide bonds. The van der Waals surface area contributed by atoms with Crippen molar-refractivity contribution >= 4 is 33.2 Å². The van der Waals surface area contributed by atoms with Gasteiger partial charge >= 0.3 is 0 Å². The summed E-state index contributed by atoms with van der Waals surface area (Å²) < 4.78 is 0.953. The molecule has 0 aliphatic rings.